The second kappa shape index (κ2) is 8.38. The summed E-state index contributed by atoms with van der Waals surface area (Å²) < 4.78 is 0. The van der Waals surface area contributed by atoms with E-state index in [0.717, 1.165) is 44.8 Å². The van der Waals surface area contributed by atoms with Gasteiger partial charge in [0.2, 0.25) is 0 Å². The summed E-state index contributed by atoms with van der Waals surface area (Å²) >= 11 is 0. The first-order valence-corrected chi connectivity index (χ1v) is 8.87. The van der Waals surface area contributed by atoms with Crippen molar-refractivity contribution in [2.45, 2.75) is 25.9 Å². The van der Waals surface area contributed by atoms with E-state index in [9.17, 15) is 5.11 Å². The Labute approximate surface area is 144 Å². The van der Waals surface area contributed by atoms with Crippen LogP contribution in [0, 0.1) is 0 Å². The molecule has 0 spiro atoms. The van der Waals surface area contributed by atoms with Gasteiger partial charge in [-0.25, -0.2) is 0 Å². The highest BCUT2D eigenvalue weighted by Crippen LogP contribution is 2.19. The average molecular weight is 325 g/mol. The summed E-state index contributed by atoms with van der Waals surface area (Å²) in [5.74, 6) is 0. The van der Waals surface area contributed by atoms with Gasteiger partial charge in [-0.3, -0.25) is 14.8 Å². The van der Waals surface area contributed by atoms with Crippen molar-refractivity contribution >= 4 is 0 Å². The van der Waals surface area contributed by atoms with Crippen LogP contribution in [-0.2, 0) is 6.54 Å². The molecule has 1 unspecified atom stereocenters. The minimum Gasteiger partial charge on any atom is -0.395 e. The molecular weight excluding hydrogens is 298 g/mol. The van der Waals surface area contributed by atoms with E-state index in [2.05, 4.69) is 52.0 Å². The number of aliphatic hydroxyl groups excluding tert-OH is 1. The number of piperazine rings is 1. The highest BCUT2D eigenvalue weighted by Gasteiger charge is 2.22. The predicted molar refractivity (Wildman–Crippen MR) is 97.7 cm³/mol. The summed E-state index contributed by atoms with van der Waals surface area (Å²) in [5.41, 5.74) is 3.54. The molecule has 0 bridgehead atoms. The van der Waals surface area contributed by atoms with Gasteiger partial charge in [0.05, 0.1) is 12.3 Å². The highest BCUT2D eigenvalue weighted by atomic mass is 16.3. The van der Waals surface area contributed by atoms with Gasteiger partial charge in [-0.15, -0.1) is 0 Å². The summed E-state index contributed by atoms with van der Waals surface area (Å²) in [5, 5.41) is 9.46. The second-order valence-corrected chi connectivity index (χ2v) is 6.47. The van der Waals surface area contributed by atoms with E-state index >= 15 is 0 Å². The van der Waals surface area contributed by atoms with Crippen LogP contribution in [0.25, 0.3) is 11.3 Å². The van der Waals surface area contributed by atoms with E-state index in [1.807, 2.05) is 18.3 Å². The number of benzene rings is 1. The molecule has 4 nitrogen and oxygen atoms in total. The standard InChI is InChI=1S/C20H27N3O/c1-2-19(16-24)23-12-10-22(11-13-23)15-17-6-5-7-18(14-17)20-8-3-4-9-21-20/h3-9,14,19,24H,2,10-13,15-16H2,1H3. The normalized spacial score (nSPS) is 17.8. The van der Waals surface area contributed by atoms with E-state index < -0.39 is 0 Å². The summed E-state index contributed by atoms with van der Waals surface area (Å²) in [4.78, 5) is 9.36. The van der Waals surface area contributed by atoms with Crippen LogP contribution in [-0.4, -0.2) is 58.7 Å². The van der Waals surface area contributed by atoms with Gasteiger partial charge in [0.15, 0.2) is 0 Å². The number of nitrogens with zero attached hydrogens (tertiary/aromatic N) is 3. The fourth-order valence-corrected chi connectivity index (χ4v) is 3.41. The maximum atomic E-state index is 9.46. The molecule has 1 aromatic carbocycles. The average Bonchev–Trinajstić information content (AvgIpc) is 2.65. The van der Waals surface area contributed by atoms with Crippen LogP contribution in [0.3, 0.4) is 0 Å². The lowest BCUT2D eigenvalue weighted by atomic mass is 10.1. The molecule has 128 valence electrons. The third kappa shape index (κ3) is 4.20. The van der Waals surface area contributed by atoms with Crippen molar-refractivity contribution in [3.05, 3.63) is 54.2 Å². The molecule has 24 heavy (non-hydrogen) atoms. The van der Waals surface area contributed by atoms with Crippen LogP contribution >= 0.6 is 0 Å². The first-order chi connectivity index (χ1) is 11.8. The number of hydrogen-bond acceptors (Lipinski definition) is 4. The lowest BCUT2D eigenvalue weighted by molar-refractivity contribution is 0.0608. The molecule has 0 saturated carbocycles. The maximum Gasteiger partial charge on any atom is 0.0702 e. The number of aromatic nitrogens is 1. The molecule has 1 aliphatic heterocycles. The zero-order chi connectivity index (χ0) is 16.8. The van der Waals surface area contributed by atoms with Gasteiger partial charge in [-0.1, -0.05) is 31.2 Å². The van der Waals surface area contributed by atoms with E-state index in [1.165, 1.54) is 11.1 Å². The zero-order valence-corrected chi connectivity index (χ0v) is 14.4. The Morgan fingerprint density at radius 1 is 1.08 bits per heavy atom. The SMILES string of the molecule is CCC(CO)N1CCN(Cc2cccc(-c3ccccn3)c2)CC1. The van der Waals surface area contributed by atoms with Crippen molar-refractivity contribution in [3.63, 3.8) is 0 Å². The monoisotopic (exact) mass is 325 g/mol. The predicted octanol–water partition coefficient (Wildman–Crippen LogP) is 2.64. The molecule has 0 amide bonds. The second-order valence-electron chi connectivity index (χ2n) is 6.47. The third-order valence-electron chi connectivity index (χ3n) is 4.90. The van der Waals surface area contributed by atoms with E-state index in [4.69, 9.17) is 0 Å². The van der Waals surface area contributed by atoms with E-state index in [0.29, 0.717) is 6.04 Å². The van der Waals surface area contributed by atoms with E-state index in [1.54, 1.807) is 0 Å². The van der Waals surface area contributed by atoms with Gasteiger partial charge in [0.25, 0.3) is 0 Å². The summed E-state index contributed by atoms with van der Waals surface area (Å²) in [7, 11) is 0. The molecule has 1 N–H and O–H groups in total. The molecule has 1 saturated heterocycles. The molecule has 0 aliphatic carbocycles. The zero-order valence-electron chi connectivity index (χ0n) is 14.4. The number of aliphatic hydroxyl groups is 1. The lowest BCUT2D eigenvalue weighted by Crippen LogP contribution is -2.50. The van der Waals surface area contributed by atoms with Gasteiger partial charge >= 0.3 is 0 Å². The maximum absolute atomic E-state index is 9.46. The smallest absolute Gasteiger partial charge is 0.0702 e. The Balaban J connectivity index is 1.60. The van der Waals surface area contributed by atoms with Gasteiger partial charge in [-0.2, -0.15) is 0 Å². The summed E-state index contributed by atoms with van der Waals surface area (Å²) in [6.07, 6.45) is 2.86. The molecule has 1 atom stereocenters. The van der Waals surface area contributed by atoms with E-state index in [-0.39, 0.29) is 6.61 Å². The van der Waals surface area contributed by atoms with Crippen LogP contribution in [0.5, 0.6) is 0 Å². The minimum atomic E-state index is 0.266. The first-order valence-electron chi connectivity index (χ1n) is 8.87. The van der Waals surface area contributed by atoms with Crippen LogP contribution in [0.15, 0.2) is 48.7 Å². The first kappa shape index (κ1) is 17.1. The number of pyridine rings is 1. The number of rotatable bonds is 6. The Morgan fingerprint density at radius 3 is 2.58 bits per heavy atom. The highest BCUT2D eigenvalue weighted by molar-refractivity contribution is 5.59. The number of hydrogen-bond donors (Lipinski definition) is 1. The van der Waals surface area contributed by atoms with Gasteiger partial charge in [0, 0.05) is 50.5 Å². The Kier molecular flexibility index (Phi) is 5.96. The van der Waals surface area contributed by atoms with Crippen LogP contribution in [0.2, 0.25) is 0 Å². The van der Waals surface area contributed by atoms with Crippen molar-refractivity contribution in [3.8, 4) is 11.3 Å². The fourth-order valence-electron chi connectivity index (χ4n) is 3.41. The van der Waals surface area contributed by atoms with Crippen molar-refractivity contribution in [1.82, 2.24) is 14.8 Å². The molecule has 0 radical (unpaired) electrons. The Morgan fingerprint density at radius 2 is 1.92 bits per heavy atom. The van der Waals surface area contributed by atoms with Crippen molar-refractivity contribution in [2.75, 3.05) is 32.8 Å². The molecule has 3 rings (SSSR count). The fraction of sp³-hybridized carbons (Fsp3) is 0.450. The Bertz CT molecular complexity index is 620. The van der Waals surface area contributed by atoms with Crippen LogP contribution in [0.4, 0.5) is 0 Å². The molecule has 1 aliphatic rings. The van der Waals surface area contributed by atoms with Crippen LogP contribution in [0.1, 0.15) is 18.9 Å². The molecule has 1 aromatic heterocycles. The quantitative estimate of drug-likeness (QED) is 0.886. The molecule has 2 aromatic rings. The topological polar surface area (TPSA) is 39.6 Å². The third-order valence-corrected chi connectivity index (χ3v) is 4.90. The van der Waals surface area contributed by atoms with Crippen molar-refractivity contribution in [2.24, 2.45) is 0 Å². The molecule has 1 fully saturated rings. The largest absolute Gasteiger partial charge is 0.395 e. The van der Waals surface area contributed by atoms with Crippen molar-refractivity contribution < 1.29 is 5.11 Å². The summed E-state index contributed by atoms with van der Waals surface area (Å²) in [6, 6.07) is 15.0. The van der Waals surface area contributed by atoms with Gasteiger partial charge in [0.1, 0.15) is 0 Å². The van der Waals surface area contributed by atoms with Gasteiger partial charge in [-0.05, 0) is 30.2 Å². The summed E-state index contributed by atoms with van der Waals surface area (Å²) in [6.45, 7) is 7.59. The minimum absolute atomic E-state index is 0.266. The Hall–Kier alpha value is -1.75. The lowest BCUT2D eigenvalue weighted by Gasteiger charge is -2.38. The van der Waals surface area contributed by atoms with Crippen LogP contribution < -0.4 is 0 Å². The van der Waals surface area contributed by atoms with Crippen molar-refractivity contribution in [1.29, 1.82) is 0 Å². The molecular formula is C20H27N3O. The molecule has 2 heterocycles. The van der Waals surface area contributed by atoms with Gasteiger partial charge < -0.3 is 5.11 Å². The molecule has 4 heteroatoms.